The second-order valence-electron chi connectivity index (χ2n) is 10.4. The van der Waals surface area contributed by atoms with E-state index >= 15 is 0 Å². The quantitative estimate of drug-likeness (QED) is 0.327. The highest BCUT2D eigenvalue weighted by atomic mass is 35.5. The van der Waals surface area contributed by atoms with E-state index in [1.54, 1.807) is 0 Å². The highest BCUT2D eigenvalue weighted by Crippen LogP contribution is 2.35. The van der Waals surface area contributed by atoms with Crippen molar-refractivity contribution in [3.63, 3.8) is 0 Å². The SMILES string of the molecule is CCc1cn(C2=C(C)NC(=CC3=CC(C(CC)CC)=C(C)CCn4cc(-c5ccccc5Cl)nc43)C=C2)cn1. The van der Waals surface area contributed by atoms with Gasteiger partial charge in [-0.3, -0.25) is 0 Å². The van der Waals surface area contributed by atoms with Gasteiger partial charge < -0.3 is 14.5 Å². The van der Waals surface area contributed by atoms with E-state index in [1.807, 2.05) is 30.6 Å². The van der Waals surface area contributed by atoms with Gasteiger partial charge in [-0.2, -0.15) is 0 Å². The second kappa shape index (κ2) is 11.7. The van der Waals surface area contributed by atoms with E-state index in [0.717, 1.165) is 82.7 Å². The normalized spacial score (nSPS) is 16.9. The molecule has 0 saturated carbocycles. The Bertz CT molecular complexity index is 1520. The van der Waals surface area contributed by atoms with Gasteiger partial charge >= 0.3 is 0 Å². The van der Waals surface area contributed by atoms with Crippen molar-refractivity contribution in [2.75, 3.05) is 0 Å². The van der Waals surface area contributed by atoms with E-state index in [-0.39, 0.29) is 0 Å². The van der Waals surface area contributed by atoms with Crippen LogP contribution in [0.5, 0.6) is 0 Å². The maximum absolute atomic E-state index is 6.58. The molecule has 202 valence electrons. The third kappa shape index (κ3) is 5.60. The summed E-state index contributed by atoms with van der Waals surface area (Å²) >= 11 is 6.58. The first-order valence-electron chi connectivity index (χ1n) is 14.1. The van der Waals surface area contributed by atoms with Crippen LogP contribution in [0.4, 0.5) is 0 Å². The minimum absolute atomic E-state index is 0.528. The van der Waals surface area contributed by atoms with E-state index in [0.29, 0.717) is 5.92 Å². The molecule has 0 aliphatic carbocycles. The largest absolute Gasteiger partial charge is 0.357 e. The van der Waals surface area contributed by atoms with Crippen molar-refractivity contribution in [2.45, 2.75) is 66.8 Å². The number of rotatable bonds is 7. The number of aryl methyl sites for hydroxylation is 2. The number of allylic oxidation sites excluding steroid dienone is 9. The average molecular weight is 540 g/mol. The van der Waals surface area contributed by atoms with E-state index in [2.05, 4.69) is 90.8 Å². The lowest BCUT2D eigenvalue weighted by Gasteiger charge is -2.23. The number of imidazole rings is 2. The van der Waals surface area contributed by atoms with Crippen LogP contribution in [0.15, 0.2) is 89.8 Å². The van der Waals surface area contributed by atoms with Crippen LogP contribution in [0.1, 0.15) is 65.4 Å². The molecule has 4 heterocycles. The highest BCUT2D eigenvalue weighted by Gasteiger charge is 2.21. The van der Waals surface area contributed by atoms with Gasteiger partial charge in [0.05, 0.1) is 28.4 Å². The molecule has 2 aliphatic heterocycles. The van der Waals surface area contributed by atoms with Crippen molar-refractivity contribution in [3.8, 4) is 11.3 Å². The number of fused-ring (bicyclic) bond motifs is 1. The van der Waals surface area contributed by atoms with E-state index in [1.165, 1.54) is 11.1 Å². The lowest BCUT2D eigenvalue weighted by atomic mass is 9.87. The Kier molecular flexibility index (Phi) is 8.08. The van der Waals surface area contributed by atoms with Crippen LogP contribution >= 0.6 is 11.6 Å². The summed E-state index contributed by atoms with van der Waals surface area (Å²) in [4.78, 5) is 9.66. The summed E-state index contributed by atoms with van der Waals surface area (Å²) in [7, 11) is 0. The van der Waals surface area contributed by atoms with Crippen LogP contribution in [0, 0.1) is 5.92 Å². The maximum Gasteiger partial charge on any atom is 0.140 e. The number of hydrogen-bond acceptors (Lipinski definition) is 3. The third-order valence-electron chi connectivity index (χ3n) is 7.87. The fourth-order valence-corrected chi connectivity index (χ4v) is 5.76. The van der Waals surface area contributed by atoms with Crippen molar-refractivity contribution in [1.82, 2.24) is 24.4 Å². The Hall–Kier alpha value is -3.57. The van der Waals surface area contributed by atoms with Crippen LogP contribution in [0.25, 0.3) is 22.5 Å². The standard InChI is InChI=1S/C33H38ClN5/c1-6-24(7-2)29-18-25(17-27-13-14-32(23(5)36-27)39-19-26(8-3)35-21-39)33-37-31(20-38(33)16-15-22(29)4)28-11-9-10-12-30(28)34/h9-14,17-21,24,36H,6-8,15-16H2,1-5H3. The molecule has 2 aromatic heterocycles. The van der Waals surface area contributed by atoms with Gasteiger partial charge in [0.25, 0.3) is 0 Å². The summed E-state index contributed by atoms with van der Waals surface area (Å²) in [6.45, 7) is 12.0. The summed E-state index contributed by atoms with van der Waals surface area (Å²) in [6, 6.07) is 7.94. The zero-order chi connectivity index (χ0) is 27.5. The lowest BCUT2D eigenvalue weighted by molar-refractivity contribution is 0.568. The Morgan fingerprint density at radius 1 is 1.08 bits per heavy atom. The molecule has 3 aromatic rings. The van der Waals surface area contributed by atoms with Crippen molar-refractivity contribution >= 4 is 22.9 Å². The van der Waals surface area contributed by atoms with Gasteiger partial charge in [0.2, 0.25) is 0 Å². The molecule has 5 rings (SSSR count). The first-order valence-corrected chi connectivity index (χ1v) is 14.4. The Morgan fingerprint density at radius 3 is 2.56 bits per heavy atom. The zero-order valence-corrected chi connectivity index (χ0v) is 24.4. The number of benzene rings is 1. The van der Waals surface area contributed by atoms with Crippen LogP contribution in [-0.2, 0) is 13.0 Å². The molecule has 6 heteroatoms. The molecular weight excluding hydrogens is 502 g/mol. The molecule has 1 N–H and O–H groups in total. The van der Waals surface area contributed by atoms with E-state index < -0.39 is 0 Å². The molecule has 0 fully saturated rings. The minimum atomic E-state index is 0.528. The predicted octanol–water partition coefficient (Wildman–Crippen LogP) is 8.43. The number of nitrogens with zero attached hydrogens (tertiary/aromatic N) is 4. The minimum Gasteiger partial charge on any atom is -0.357 e. The van der Waals surface area contributed by atoms with Gasteiger partial charge in [0, 0.05) is 41.5 Å². The zero-order valence-electron chi connectivity index (χ0n) is 23.6. The van der Waals surface area contributed by atoms with Crippen LogP contribution in [-0.4, -0.2) is 19.1 Å². The van der Waals surface area contributed by atoms with Crippen LogP contribution in [0.3, 0.4) is 0 Å². The molecule has 2 aliphatic rings. The monoisotopic (exact) mass is 539 g/mol. The summed E-state index contributed by atoms with van der Waals surface area (Å²) in [5.41, 5.74) is 10.2. The molecule has 0 saturated heterocycles. The Morgan fingerprint density at radius 2 is 1.87 bits per heavy atom. The Labute approximate surface area is 237 Å². The summed E-state index contributed by atoms with van der Waals surface area (Å²) in [5.74, 6) is 1.50. The van der Waals surface area contributed by atoms with Gasteiger partial charge in [0.15, 0.2) is 0 Å². The van der Waals surface area contributed by atoms with Crippen molar-refractivity contribution in [3.05, 3.63) is 106 Å². The molecular formula is C33H38ClN5. The average Bonchev–Trinajstić information content (AvgIpc) is 3.58. The number of dihydropyridines is 1. The van der Waals surface area contributed by atoms with Crippen LogP contribution < -0.4 is 5.32 Å². The third-order valence-corrected chi connectivity index (χ3v) is 8.20. The topological polar surface area (TPSA) is 47.7 Å². The Balaban J connectivity index is 1.58. The van der Waals surface area contributed by atoms with E-state index in [4.69, 9.17) is 16.6 Å². The summed E-state index contributed by atoms with van der Waals surface area (Å²) in [5, 5.41) is 4.35. The predicted molar refractivity (Wildman–Crippen MR) is 163 cm³/mol. The van der Waals surface area contributed by atoms with Crippen molar-refractivity contribution < 1.29 is 0 Å². The molecule has 1 aromatic carbocycles. The fourth-order valence-electron chi connectivity index (χ4n) is 5.53. The van der Waals surface area contributed by atoms with Gasteiger partial charge in [-0.15, -0.1) is 0 Å². The molecule has 0 spiro atoms. The van der Waals surface area contributed by atoms with Crippen molar-refractivity contribution in [2.24, 2.45) is 5.92 Å². The number of nitrogens with one attached hydrogen (secondary N) is 1. The summed E-state index contributed by atoms with van der Waals surface area (Å²) in [6.07, 6.45) is 19.2. The first-order chi connectivity index (χ1) is 18.9. The molecule has 0 bridgehead atoms. The molecule has 0 atom stereocenters. The molecule has 0 unspecified atom stereocenters. The number of aromatic nitrogens is 4. The number of halogens is 1. The van der Waals surface area contributed by atoms with Gasteiger partial charge in [-0.25, -0.2) is 9.97 Å². The summed E-state index contributed by atoms with van der Waals surface area (Å²) < 4.78 is 4.37. The van der Waals surface area contributed by atoms with Gasteiger partial charge in [0.1, 0.15) is 5.82 Å². The first kappa shape index (κ1) is 27.0. The van der Waals surface area contributed by atoms with Gasteiger partial charge in [-0.05, 0) is 81.4 Å². The maximum atomic E-state index is 6.58. The lowest BCUT2D eigenvalue weighted by Crippen LogP contribution is -2.17. The number of hydrogen-bond donors (Lipinski definition) is 1. The highest BCUT2D eigenvalue weighted by molar-refractivity contribution is 6.33. The smallest absolute Gasteiger partial charge is 0.140 e. The molecule has 0 radical (unpaired) electrons. The fraction of sp³-hybridized carbons (Fsp3) is 0.333. The van der Waals surface area contributed by atoms with Crippen LogP contribution in [0.2, 0.25) is 5.02 Å². The molecule has 5 nitrogen and oxygen atoms in total. The van der Waals surface area contributed by atoms with E-state index in [9.17, 15) is 0 Å². The molecule has 0 amide bonds. The van der Waals surface area contributed by atoms with Crippen molar-refractivity contribution in [1.29, 1.82) is 0 Å². The van der Waals surface area contributed by atoms with Gasteiger partial charge in [-0.1, -0.05) is 56.1 Å². The molecule has 39 heavy (non-hydrogen) atoms. The second-order valence-corrected chi connectivity index (χ2v) is 10.8.